The highest BCUT2D eigenvalue weighted by atomic mass is 19.1. The number of halogens is 1. The van der Waals surface area contributed by atoms with E-state index in [-0.39, 0.29) is 17.3 Å². The number of aromatic nitrogens is 4. The quantitative estimate of drug-likeness (QED) is 0.508. The largest absolute Gasteiger partial charge is 0.339 e. The van der Waals surface area contributed by atoms with Crippen LogP contribution in [0.5, 0.6) is 0 Å². The van der Waals surface area contributed by atoms with Gasteiger partial charge in [0.1, 0.15) is 18.0 Å². The summed E-state index contributed by atoms with van der Waals surface area (Å²) in [6, 6.07) is 8.80. The Morgan fingerprint density at radius 1 is 1.12 bits per heavy atom. The van der Waals surface area contributed by atoms with E-state index in [1.165, 1.54) is 12.4 Å². The van der Waals surface area contributed by atoms with Gasteiger partial charge in [-0.15, -0.1) is 0 Å². The summed E-state index contributed by atoms with van der Waals surface area (Å²) in [4.78, 5) is 30.2. The van der Waals surface area contributed by atoms with Gasteiger partial charge in [0.25, 0.3) is 5.56 Å². The van der Waals surface area contributed by atoms with E-state index in [1.807, 2.05) is 18.2 Å². The Morgan fingerprint density at radius 2 is 1.91 bits per heavy atom. The Morgan fingerprint density at radius 3 is 2.66 bits per heavy atom. The molecule has 0 radical (unpaired) electrons. The predicted molar refractivity (Wildman–Crippen MR) is 123 cm³/mol. The number of H-pyrrole nitrogens is 1. The van der Waals surface area contributed by atoms with Crippen molar-refractivity contribution in [2.45, 2.75) is 18.8 Å². The molecule has 4 heterocycles. The molecule has 0 bridgehead atoms. The summed E-state index contributed by atoms with van der Waals surface area (Å²) >= 11 is 0. The zero-order chi connectivity index (χ0) is 22.1. The third kappa shape index (κ3) is 3.97. The maximum Gasteiger partial charge on any atom is 0.259 e. The zero-order valence-electron chi connectivity index (χ0n) is 17.7. The molecule has 1 aliphatic heterocycles. The van der Waals surface area contributed by atoms with Crippen molar-refractivity contribution in [1.29, 1.82) is 0 Å². The number of fused-ring (bicyclic) bond motifs is 1. The number of pyridine rings is 2. The van der Waals surface area contributed by atoms with Gasteiger partial charge in [-0.3, -0.25) is 4.79 Å². The Kier molecular flexibility index (Phi) is 5.36. The van der Waals surface area contributed by atoms with Gasteiger partial charge in [-0.1, -0.05) is 6.07 Å². The highest BCUT2D eigenvalue weighted by Gasteiger charge is 2.21. The van der Waals surface area contributed by atoms with Crippen molar-refractivity contribution in [3.05, 3.63) is 77.0 Å². The normalized spacial score (nSPS) is 15.2. The molecular weight excluding hydrogens is 407 g/mol. The highest BCUT2D eigenvalue weighted by Crippen LogP contribution is 2.32. The molecule has 8 heteroatoms. The number of hydrogen-bond donors (Lipinski definition) is 2. The molecule has 0 spiro atoms. The van der Waals surface area contributed by atoms with Gasteiger partial charge in [-0.2, -0.15) is 0 Å². The van der Waals surface area contributed by atoms with Gasteiger partial charge >= 0.3 is 0 Å². The van der Waals surface area contributed by atoms with Crippen LogP contribution in [0.1, 0.15) is 24.3 Å². The fraction of sp³-hybridized carbons (Fsp3) is 0.250. The maximum atomic E-state index is 15.0. The lowest BCUT2D eigenvalue weighted by Gasteiger charge is -2.29. The molecule has 0 atom stereocenters. The van der Waals surface area contributed by atoms with Crippen LogP contribution in [0.3, 0.4) is 0 Å². The second-order valence-electron chi connectivity index (χ2n) is 8.19. The van der Waals surface area contributed by atoms with Crippen LogP contribution in [-0.4, -0.2) is 45.0 Å². The summed E-state index contributed by atoms with van der Waals surface area (Å²) in [7, 11) is 2.09. The summed E-state index contributed by atoms with van der Waals surface area (Å²) in [6.07, 6.45) is 8.26. The van der Waals surface area contributed by atoms with Crippen molar-refractivity contribution in [3.8, 4) is 11.3 Å². The van der Waals surface area contributed by atoms with Gasteiger partial charge < -0.3 is 15.2 Å². The minimum atomic E-state index is -0.267. The van der Waals surface area contributed by atoms with Gasteiger partial charge in [0.15, 0.2) is 0 Å². The van der Waals surface area contributed by atoms with E-state index in [1.54, 1.807) is 24.7 Å². The monoisotopic (exact) mass is 430 g/mol. The number of anilines is 2. The molecule has 3 aromatic heterocycles. The molecule has 1 fully saturated rings. The first-order valence-electron chi connectivity index (χ1n) is 10.6. The standard InChI is InChI=1S/C24H23FN6O/c1-31-8-5-15(6-9-31)19-3-2-18(11-20(19)25)29-23-22-16(4-7-28-24(22)32)10-21(30-23)17-12-26-14-27-13-17/h2-4,7,10-15H,5-6,8-9H2,1H3,(H,28,32)(H,29,30). The number of rotatable bonds is 4. The number of aromatic amines is 1. The lowest BCUT2D eigenvalue weighted by atomic mass is 9.89. The number of nitrogens with one attached hydrogen (secondary N) is 2. The molecule has 0 saturated carbocycles. The number of likely N-dealkylation sites (tertiary alicyclic amines) is 1. The van der Waals surface area contributed by atoms with E-state index in [4.69, 9.17) is 0 Å². The van der Waals surface area contributed by atoms with Crippen molar-refractivity contribution >= 4 is 22.3 Å². The Labute approximate surface area is 184 Å². The van der Waals surface area contributed by atoms with Crippen LogP contribution >= 0.6 is 0 Å². The summed E-state index contributed by atoms with van der Waals surface area (Å²) in [5.74, 6) is 0.341. The smallest absolute Gasteiger partial charge is 0.259 e. The van der Waals surface area contributed by atoms with Gasteiger partial charge in [0, 0.05) is 29.8 Å². The van der Waals surface area contributed by atoms with Gasteiger partial charge in [-0.05, 0) is 74.1 Å². The lowest BCUT2D eigenvalue weighted by molar-refractivity contribution is 0.253. The van der Waals surface area contributed by atoms with Crippen molar-refractivity contribution in [2.75, 3.05) is 25.5 Å². The van der Waals surface area contributed by atoms with Crippen molar-refractivity contribution in [1.82, 2.24) is 24.8 Å². The minimum absolute atomic E-state index is 0.225. The van der Waals surface area contributed by atoms with Crippen LogP contribution in [0.4, 0.5) is 15.9 Å². The van der Waals surface area contributed by atoms with Crippen molar-refractivity contribution in [2.24, 2.45) is 0 Å². The molecular formula is C24H23FN6O. The molecule has 1 saturated heterocycles. The molecule has 32 heavy (non-hydrogen) atoms. The molecule has 7 nitrogen and oxygen atoms in total. The molecule has 0 aliphatic carbocycles. The average molecular weight is 430 g/mol. The molecule has 1 aliphatic rings. The SMILES string of the molecule is CN1CCC(c2ccc(Nc3nc(-c4cncnc4)cc4cc[nH]c(=O)c34)cc2F)CC1. The van der Waals surface area contributed by atoms with Crippen LogP contribution in [-0.2, 0) is 0 Å². The van der Waals surface area contributed by atoms with Crippen LogP contribution < -0.4 is 10.9 Å². The number of benzene rings is 1. The number of nitrogens with zero attached hydrogens (tertiary/aromatic N) is 4. The second kappa shape index (κ2) is 8.47. The molecule has 0 amide bonds. The summed E-state index contributed by atoms with van der Waals surface area (Å²) in [6.45, 7) is 1.94. The van der Waals surface area contributed by atoms with E-state index in [2.05, 4.69) is 37.2 Å². The van der Waals surface area contributed by atoms with Gasteiger partial charge in [0.05, 0.1) is 11.1 Å². The molecule has 162 valence electrons. The van der Waals surface area contributed by atoms with E-state index in [0.29, 0.717) is 28.0 Å². The second-order valence-corrected chi connectivity index (χ2v) is 8.19. The first kappa shape index (κ1) is 20.3. The summed E-state index contributed by atoms with van der Waals surface area (Å²) in [5.41, 5.74) is 2.36. The summed E-state index contributed by atoms with van der Waals surface area (Å²) < 4.78 is 15.0. The first-order chi connectivity index (χ1) is 15.6. The molecule has 1 aromatic carbocycles. The molecule has 0 unspecified atom stereocenters. The van der Waals surface area contributed by atoms with E-state index in [0.717, 1.165) is 37.1 Å². The number of piperidine rings is 1. The van der Waals surface area contributed by atoms with E-state index in [9.17, 15) is 4.79 Å². The van der Waals surface area contributed by atoms with Gasteiger partial charge in [-0.25, -0.2) is 19.3 Å². The molecule has 2 N–H and O–H groups in total. The number of hydrogen-bond acceptors (Lipinski definition) is 6. The molecule has 4 aromatic rings. The highest BCUT2D eigenvalue weighted by molar-refractivity contribution is 5.95. The van der Waals surface area contributed by atoms with Crippen LogP contribution in [0.15, 0.2) is 60.0 Å². The zero-order valence-corrected chi connectivity index (χ0v) is 17.7. The van der Waals surface area contributed by atoms with Crippen LogP contribution in [0.2, 0.25) is 0 Å². The third-order valence-corrected chi connectivity index (χ3v) is 6.03. The Balaban J connectivity index is 1.52. The fourth-order valence-electron chi connectivity index (χ4n) is 4.28. The third-order valence-electron chi connectivity index (χ3n) is 6.03. The summed E-state index contributed by atoms with van der Waals surface area (Å²) in [5, 5.41) is 4.28. The first-order valence-corrected chi connectivity index (χ1v) is 10.6. The van der Waals surface area contributed by atoms with Crippen LogP contribution in [0, 0.1) is 5.82 Å². The topological polar surface area (TPSA) is 86.8 Å². The van der Waals surface area contributed by atoms with Crippen molar-refractivity contribution in [3.63, 3.8) is 0 Å². The Hall–Kier alpha value is -3.65. The van der Waals surface area contributed by atoms with E-state index < -0.39 is 0 Å². The fourth-order valence-corrected chi connectivity index (χ4v) is 4.28. The minimum Gasteiger partial charge on any atom is -0.339 e. The Bertz CT molecular complexity index is 1320. The van der Waals surface area contributed by atoms with Gasteiger partial charge in [0.2, 0.25) is 0 Å². The molecule has 5 rings (SSSR count). The van der Waals surface area contributed by atoms with E-state index >= 15 is 4.39 Å². The lowest BCUT2D eigenvalue weighted by Crippen LogP contribution is -2.29. The van der Waals surface area contributed by atoms with Crippen LogP contribution in [0.25, 0.3) is 22.0 Å². The van der Waals surface area contributed by atoms with Crippen molar-refractivity contribution < 1.29 is 4.39 Å². The predicted octanol–water partition coefficient (Wildman–Crippen LogP) is 4.07. The maximum absolute atomic E-state index is 15.0. The average Bonchev–Trinajstić information content (AvgIpc) is 2.80.